The fourth-order valence-corrected chi connectivity index (χ4v) is 6.19. The van der Waals surface area contributed by atoms with E-state index in [0.717, 1.165) is 50.9 Å². The van der Waals surface area contributed by atoms with Crippen LogP contribution in [0.25, 0.3) is 0 Å². The number of aromatic nitrogens is 2. The zero-order chi connectivity index (χ0) is 22.5. The van der Waals surface area contributed by atoms with Gasteiger partial charge in [-0.05, 0) is 56.4 Å². The largest absolute Gasteiger partial charge is 0.394 e. The maximum Gasteiger partial charge on any atom is 0.302 e. The molecule has 1 aliphatic carbocycles. The molecule has 1 saturated carbocycles. The normalized spacial score (nSPS) is 24.1. The van der Waals surface area contributed by atoms with E-state index in [0.29, 0.717) is 10.8 Å². The maximum absolute atomic E-state index is 14.7. The zero-order valence-electron chi connectivity index (χ0n) is 17.5. The molecule has 2 aliphatic heterocycles. The number of fused-ring (bicyclic) bond motifs is 1. The smallest absolute Gasteiger partial charge is 0.302 e. The number of benzene rings is 1. The first-order chi connectivity index (χ1) is 15.3. The van der Waals surface area contributed by atoms with Crippen molar-refractivity contribution in [3.8, 4) is 0 Å². The minimum Gasteiger partial charge on any atom is -0.394 e. The Kier molecular flexibility index (Phi) is 5.62. The molecule has 2 aromatic rings. The van der Waals surface area contributed by atoms with Crippen molar-refractivity contribution in [2.45, 2.75) is 54.4 Å². The number of rotatable bonds is 5. The van der Waals surface area contributed by atoms with Crippen molar-refractivity contribution in [1.82, 2.24) is 9.97 Å². The molecule has 2 fully saturated rings. The fourth-order valence-electron chi connectivity index (χ4n) is 4.73. The maximum atomic E-state index is 14.7. The van der Waals surface area contributed by atoms with Crippen molar-refractivity contribution < 1.29 is 18.1 Å². The van der Waals surface area contributed by atoms with Crippen molar-refractivity contribution in [2.24, 2.45) is 0 Å². The van der Waals surface area contributed by atoms with Crippen LogP contribution in [0.2, 0.25) is 5.02 Å². The lowest BCUT2D eigenvalue weighted by molar-refractivity contribution is 0.0187. The highest BCUT2D eigenvalue weighted by Crippen LogP contribution is 2.45. The van der Waals surface area contributed by atoms with E-state index in [2.05, 4.69) is 20.2 Å². The summed E-state index contributed by atoms with van der Waals surface area (Å²) in [6, 6.07) is 7.65. The molecule has 1 atom stereocenters. The van der Waals surface area contributed by atoms with Crippen molar-refractivity contribution in [2.75, 3.05) is 35.7 Å². The number of nitrogens with one attached hydrogen (secondary N) is 1. The molecule has 3 heterocycles. The average molecular weight is 483 g/mol. The lowest BCUT2D eigenvalue weighted by atomic mass is 9.77. The SMILES string of the molecule is O=[S@]1CC(F)(F)c2nc(C3CCN(c4ccc(Cl)cc4)CC3)nc(NC3(CO)CCC3)c21. The summed E-state index contributed by atoms with van der Waals surface area (Å²) >= 11 is 5.98. The van der Waals surface area contributed by atoms with Gasteiger partial charge in [-0.25, -0.2) is 9.97 Å². The number of alkyl halides is 2. The van der Waals surface area contributed by atoms with Gasteiger partial charge in [0.15, 0.2) is 0 Å². The van der Waals surface area contributed by atoms with Gasteiger partial charge in [-0.1, -0.05) is 11.6 Å². The molecule has 0 bridgehead atoms. The van der Waals surface area contributed by atoms with Gasteiger partial charge in [0.25, 0.3) is 0 Å². The number of piperidine rings is 1. The van der Waals surface area contributed by atoms with Crippen LogP contribution in [0.15, 0.2) is 29.2 Å². The van der Waals surface area contributed by atoms with Gasteiger partial charge in [-0.15, -0.1) is 0 Å². The Labute approximate surface area is 192 Å². The van der Waals surface area contributed by atoms with Crippen LogP contribution >= 0.6 is 11.6 Å². The zero-order valence-corrected chi connectivity index (χ0v) is 19.1. The number of hydrogen-bond donors (Lipinski definition) is 2. The van der Waals surface area contributed by atoms with Gasteiger partial charge in [0, 0.05) is 29.7 Å². The van der Waals surface area contributed by atoms with E-state index in [9.17, 15) is 18.1 Å². The number of anilines is 2. The molecule has 2 N–H and O–H groups in total. The third-order valence-electron chi connectivity index (χ3n) is 6.82. The van der Waals surface area contributed by atoms with Crippen LogP contribution in [0.1, 0.15) is 49.5 Å². The van der Waals surface area contributed by atoms with Gasteiger partial charge in [-0.3, -0.25) is 4.21 Å². The van der Waals surface area contributed by atoms with Gasteiger partial charge in [0.2, 0.25) is 0 Å². The number of aliphatic hydroxyl groups is 1. The molecule has 6 nitrogen and oxygen atoms in total. The van der Waals surface area contributed by atoms with Crippen LogP contribution in [-0.2, 0) is 16.7 Å². The molecule has 0 unspecified atom stereocenters. The van der Waals surface area contributed by atoms with Crippen molar-refractivity contribution in [1.29, 1.82) is 0 Å². The number of aliphatic hydroxyl groups excluding tert-OH is 1. The van der Waals surface area contributed by atoms with Gasteiger partial charge in [-0.2, -0.15) is 8.78 Å². The van der Waals surface area contributed by atoms with Crippen LogP contribution in [0.3, 0.4) is 0 Å². The lowest BCUT2D eigenvalue weighted by Gasteiger charge is -2.41. The Morgan fingerprint density at radius 3 is 2.47 bits per heavy atom. The van der Waals surface area contributed by atoms with Gasteiger partial charge in [0.05, 0.1) is 28.7 Å². The molecule has 5 rings (SSSR count). The topological polar surface area (TPSA) is 78.4 Å². The standard InChI is InChI=1S/C22H25ClF2N4O2S/c23-15-2-4-16(5-3-15)29-10-6-14(7-11-29)19-26-18-17(32(31)13-22(18,24)25)20(27-19)28-21(12-30)8-1-9-21/h2-5,14,30H,1,6-13H2,(H,26,27,28)/t32-/m0/s1. The van der Waals surface area contributed by atoms with E-state index in [1.54, 1.807) is 0 Å². The minimum atomic E-state index is -3.25. The molecule has 10 heteroatoms. The average Bonchev–Trinajstić information content (AvgIpc) is 2.99. The van der Waals surface area contributed by atoms with Crippen LogP contribution in [0.4, 0.5) is 20.3 Å². The molecule has 3 aliphatic rings. The Morgan fingerprint density at radius 2 is 1.88 bits per heavy atom. The third-order valence-corrected chi connectivity index (χ3v) is 8.54. The number of halogens is 3. The first-order valence-corrected chi connectivity index (χ1v) is 12.6. The molecule has 32 heavy (non-hydrogen) atoms. The minimum absolute atomic E-state index is 0.00271. The fraction of sp³-hybridized carbons (Fsp3) is 0.545. The Hall–Kier alpha value is -1.84. The van der Waals surface area contributed by atoms with Crippen LogP contribution in [-0.4, -0.2) is 50.3 Å². The second-order valence-electron chi connectivity index (χ2n) is 8.96. The summed E-state index contributed by atoms with van der Waals surface area (Å²) in [7, 11) is -1.88. The molecule has 1 aromatic carbocycles. The van der Waals surface area contributed by atoms with Gasteiger partial charge < -0.3 is 15.3 Å². The molecule has 0 radical (unpaired) electrons. The van der Waals surface area contributed by atoms with E-state index < -0.39 is 33.7 Å². The molecule has 1 aromatic heterocycles. The molecule has 0 spiro atoms. The highest BCUT2D eigenvalue weighted by atomic mass is 35.5. The van der Waals surface area contributed by atoms with Crippen molar-refractivity contribution in [3.63, 3.8) is 0 Å². The summed E-state index contributed by atoms with van der Waals surface area (Å²) in [6.45, 7) is 1.38. The monoisotopic (exact) mass is 482 g/mol. The number of hydrogen-bond acceptors (Lipinski definition) is 6. The Bertz CT molecular complexity index is 1040. The summed E-state index contributed by atoms with van der Waals surface area (Å²) < 4.78 is 41.9. The summed E-state index contributed by atoms with van der Waals surface area (Å²) in [5.74, 6) is -3.51. The van der Waals surface area contributed by atoms with E-state index in [1.807, 2.05) is 24.3 Å². The summed E-state index contributed by atoms with van der Waals surface area (Å²) in [5, 5.41) is 13.7. The van der Waals surface area contributed by atoms with Crippen LogP contribution in [0.5, 0.6) is 0 Å². The van der Waals surface area contributed by atoms with E-state index in [-0.39, 0.29) is 23.2 Å². The molecule has 172 valence electrons. The highest BCUT2D eigenvalue weighted by Gasteiger charge is 2.49. The molecular formula is C22H25ClF2N4O2S. The second-order valence-corrected chi connectivity index (χ2v) is 10.8. The van der Waals surface area contributed by atoms with Crippen LogP contribution in [0, 0.1) is 0 Å². The first kappa shape index (κ1) is 22.0. The van der Waals surface area contributed by atoms with E-state index in [4.69, 9.17) is 11.6 Å². The second kappa shape index (κ2) is 8.18. The number of nitrogens with zero attached hydrogens (tertiary/aromatic N) is 3. The summed E-state index contributed by atoms with van der Waals surface area (Å²) in [5.41, 5.74) is 0.0668. The van der Waals surface area contributed by atoms with Crippen molar-refractivity contribution >= 4 is 33.9 Å². The molecular weight excluding hydrogens is 458 g/mol. The molecule has 0 amide bonds. The third kappa shape index (κ3) is 3.88. The van der Waals surface area contributed by atoms with Crippen LogP contribution < -0.4 is 10.2 Å². The highest BCUT2D eigenvalue weighted by molar-refractivity contribution is 7.85. The van der Waals surface area contributed by atoms with Crippen molar-refractivity contribution in [3.05, 3.63) is 40.8 Å². The van der Waals surface area contributed by atoms with E-state index in [1.165, 1.54) is 0 Å². The van der Waals surface area contributed by atoms with Gasteiger partial charge >= 0.3 is 5.92 Å². The lowest BCUT2D eigenvalue weighted by Crippen LogP contribution is -2.48. The Balaban J connectivity index is 1.43. The van der Waals surface area contributed by atoms with E-state index >= 15 is 0 Å². The first-order valence-electron chi connectivity index (χ1n) is 10.9. The predicted octanol–water partition coefficient (Wildman–Crippen LogP) is 4.05. The summed E-state index contributed by atoms with van der Waals surface area (Å²) in [6.07, 6.45) is 3.83. The van der Waals surface area contributed by atoms with Gasteiger partial charge in [0.1, 0.15) is 22.2 Å². The molecule has 1 saturated heterocycles. The Morgan fingerprint density at radius 1 is 1.19 bits per heavy atom. The quantitative estimate of drug-likeness (QED) is 0.669. The predicted molar refractivity (Wildman–Crippen MR) is 120 cm³/mol. The summed E-state index contributed by atoms with van der Waals surface area (Å²) in [4.78, 5) is 11.1.